The van der Waals surface area contributed by atoms with E-state index in [1.165, 1.54) is 0 Å². The lowest BCUT2D eigenvalue weighted by atomic mass is 10.1. The maximum Gasteiger partial charge on any atom is 0.276 e. The van der Waals surface area contributed by atoms with Crippen molar-refractivity contribution >= 4 is 5.91 Å². The summed E-state index contributed by atoms with van der Waals surface area (Å²) in [6.45, 7) is 6.90. The second-order valence-corrected chi connectivity index (χ2v) is 3.84. The van der Waals surface area contributed by atoms with Crippen LogP contribution in [0.3, 0.4) is 0 Å². The molecule has 0 bridgehead atoms. The zero-order valence-electron chi connectivity index (χ0n) is 9.75. The molecule has 1 aliphatic heterocycles. The van der Waals surface area contributed by atoms with Gasteiger partial charge in [0, 0.05) is 38.2 Å². The minimum atomic E-state index is -0.0290. The van der Waals surface area contributed by atoms with Gasteiger partial charge in [0.25, 0.3) is 5.91 Å². The third kappa shape index (κ3) is 1.82. The highest BCUT2D eigenvalue weighted by atomic mass is 16.5. The number of carbonyl (C=O) groups is 1. The Morgan fingerprint density at radius 2 is 2.25 bits per heavy atom. The summed E-state index contributed by atoms with van der Waals surface area (Å²) in [6.07, 6.45) is 0.813. The largest absolute Gasteiger partial charge is 0.360 e. The van der Waals surface area contributed by atoms with Gasteiger partial charge in [-0.05, 0) is 13.8 Å². The van der Waals surface area contributed by atoms with Gasteiger partial charge >= 0.3 is 0 Å². The Labute approximate surface area is 94.8 Å². The highest BCUT2D eigenvalue weighted by Crippen LogP contribution is 2.19. The van der Waals surface area contributed by atoms with Crippen molar-refractivity contribution in [3.05, 3.63) is 17.0 Å². The Kier molecular flexibility index (Phi) is 3.24. The molecule has 5 heteroatoms. The van der Waals surface area contributed by atoms with Crippen LogP contribution >= 0.6 is 0 Å². The van der Waals surface area contributed by atoms with Crippen LogP contribution in [0.1, 0.15) is 35.7 Å². The lowest BCUT2D eigenvalue weighted by Gasteiger charge is -2.18. The van der Waals surface area contributed by atoms with Gasteiger partial charge in [-0.25, -0.2) is 0 Å². The van der Waals surface area contributed by atoms with Gasteiger partial charge < -0.3 is 14.7 Å². The second-order valence-electron chi connectivity index (χ2n) is 3.84. The van der Waals surface area contributed by atoms with Crippen molar-refractivity contribution < 1.29 is 9.32 Å². The fraction of sp³-hybridized carbons (Fsp3) is 0.636. The van der Waals surface area contributed by atoms with Gasteiger partial charge in [-0.2, -0.15) is 0 Å². The molecule has 0 aliphatic carbocycles. The molecule has 2 heterocycles. The summed E-state index contributed by atoms with van der Waals surface area (Å²) in [4.78, 5) is 13.9. The molecule has 0 aromatic carbocycles. The van der Waals surface area contributed by atoms with Gasteiger partial charge in [-0.1, -0.05) is 5.16 Å². The minimum Gasteiger partial charge on any atom is -0.360 e. The molecule has 0 radical (unpaired) electrons. The van der Waals surface area contributed by atoms with Crippen LogP contribution < -0.4 is 5.32 Å². The van der Waals surface area contributed by atoms with Crippen molar-refractivity contribution in [2.24, 2.45) is 0 Å². The molecule has 1 aromatic rings. The van der Waals surface area contributed by atoms with E-state index in [1.54, 1.807) is 4.90 Å². The molecular weight excluding hydrogens is 206 g/mol. The number of hydrogen-bond acceptors (Lipinski definition) is 4. The van der Waals surface area contributed by atoms with Gasteiger partial charge in [0.1, 0.15) is 5.76 Å². The molecule has 1 N–H and O–H groups in total. The number of amides is 1. The van der Waals surface area contributed by atoms with Crippen molar-refractivity contribution in [3.63, 3.8) is 0 Å². The predicted octanol–water partition coefficient (Wildman–Crippen LogP) is 0.802. The van der Waals surface area contributed by atoms with Crippen molar-refractivity contribution in [1.29, 1.82) is 0 Å². The first kappa shape index (κ1) is 11.1. The molecule has 0 saturated heterocycles. The summed E-state index contributed by atoms with van der Waals surface area (Å²) in [6, 6.07) is 0. The predicted molar refractivity (Wildman–Crippen MR) is 59.2 cm³/mol. The average Bonchev–Trinajstić information content (AvgIpc) is 2.74. The Bertz CT molecular complexity index is 383. The van der Waals surface area contributed by atoms with Gasteiger partial charge in [-0.15, -0.1) is 0 Å². The number of fused-ring (bicyclic) bond motifs is 1. The van der Waals surface area contributed by atoms with Gasteiger partial charge in [0.15, 0.2) is 5.69 Å². The zero-order chi connectivity index (χ0) is 11.5. The van der Waals surface area contributed by atoms with Crippen molar-refractivity contribution in [2.45, 2.75) is 26.8 Å². The van der Waals surface area contributed by atoms with E-state index in [0.717, 1.165) is 24.3 Å². The van der Waals surface area contributed by atoms with Crippen LogP contribution in [-0.2, 0) is 13.0 Å². The molecule has 1 aliphatic rings. The number of nitrogens with one attached hydrogen (secondary N) is 1. The highest BCUT2D eigenvalue weighted by Gasteiger charge is 2.25. The first-order valence-electron chi connectivity index (χ1n) is 5.75. The van der Waals surface area contributed by atoms with Crippen LogP contribution in [0, 0.1) is 0 Å². The van der Waals surface area contributed by atoms with E-state index in [9.17, 15) is 4.79 Å². The van der Waals surface area contributed by atoms with Crippen LogP contribution in [0.5, 0.6) is 0 Å². The van der Waals surface area contributed by atoms with Gasteiger partial charge in [0.05, 0.1) is 0 Å². The maximum absolute atomic E-state index is 12.1. The van der Waals surface area contributed by atoms with Gasteiger partial charge in [0.2, 0.25) is 0 Å². The molecule has 1 aromatic heterocycles. The van der Waals surface area contributed by atoms with Crippen molar-refractivity contribution in [3.8, 4) is 0 Å². The van der Waals surface area contributed by atoms with E-state index in [2.05, 4.69) is 10.5 Å². The Hall–Kier alpha value is -1.36. The van der Waals surface area contributed by atoms with E-state index in [1.807, 2.05) is 13.8 Å². The van der Waals surface area contributed by atoms with Crippen LogP contribution in [0.25, 0.3) is 0 Å². The normalized spacial score (nSPS) is 14.6. The summed E-state index contributed by atoms with van der Waals surface area (Å²) < 4.78 is 5.21. The second kappa shape index (κ2) is 4.65. The summed E-state index contributed by atoms with van der Waals surface area (Å²) in [5.41, 5.74) is 1.41. The molecule has 0 fully saturated rings. The first-order valence-corrected chi connectivity index (χ1v) is 5.75. The van der Waals surface area contributed by atoms with E-state index in [4.69, 9.17) is 4.52 Å². The maximum atomic E-state index is 12.1. The first-order chi connectivity index (χ1) is 7.77. The Balaban J connectivity index is 2.26. The number of hydrogen-bond donors (Lipinski definition) is 1. The molecule has 2 rings (SSSR count). The lowest BCUT2D eigenvalue weighted by molar-refractivity contribution is 0.0761. The molecule has 88 valence electrons. The topological polar surface area (TPSA) is 58.4 Å². The quantitative estimate of drug-likeness (QED) is 0.823. The molecule has 0 atom stereocenters. The Morgan fingerprint density at radius 3 is 2.94 bits per heavy atom. The third-order valence-electron chi connectivity index (χ3n) is 2.95. The number of rotatable bonds is 3. The molecular formula is C11H17N3O2. The van der Waals surface area contributed by atoms with E-state index >= 15 is 0 Å². The molecule has 5 nitrogen and oxygen atoms in total. The monoisotopic (exact) mass is 223 g/mol. The van der Waals surface area contributed by atoms with Crippen LogP contribution in [0.15, 0.2) is 4.52 Å². The summed E-state index contributed by atoms with van der Waals surface area (Å²) >= 11 is 0. The number of nitrogens with zero attached hydrogens (tertiary/aromatic N) is 2. The van der Waals surface area contributed by atoms with E-state index in [0.29, 0.717) is 25.3 Å². The molecule has 0 unspecified atom stereocenters. The molecule has 16 heavy (non-hydrogen) atoms. The minimum absolute atomic E-state index is 0.0290. The fourth-order valence-electron chi connectivity index (χ4n) is 1.97. The third-order valence-corrected chi connectivity index (χ3v) is 2.95. The van der Waals surface area contributed by atoms with E-state index in [-0.39, 0.29) is 5.91 Å². The summed E-state index contributed by atoms with van der Waals surface area (Å²) in [5.74, 6) is 0.827. The average molecular weight is 223 g/mol. The fourth-order valence-corrected chi connectivity index (χ4v) is 1.97. The van der Waals surface area contributed by atoms with Crippen molar-refractivity contribution in [2.75, 3.05) is 19.6 Å². The molecule has 0 saturated carbocycles. The summed E-state index contributed by atoms with van der Waals surface area (Å²) in [7, 11) is 0. The SMILES string of the molecule is CCN(CC)C(=O)c1noc2c1CNCC2. The van der Waals surface area contributed by atoms with Crippen LogP contribution in [0.2, 0.25) is 0 Å². The molecule has 0 spiro atoms. The number of aromatic nitrogens is 1. The lowest BCUT2D eigenvalue weighted by Crippen LogP contribution is -2.32. The van der Waals surface area contributed by atoms with Crippen molar-refractivity contribution in [1.82, 2.24) is 15.4 Å². The Morgan fingerprint density at radius 1 is 1.50 bits per heavy atom. The number of carbonyl (C=O) groups excluding carboxylic acids is 1. The molecule has 1 amide bonds. The highest BCUT2D eigenvalue weighted by molar-refractivity contribution is 5.93. The zero-order valence-corrected chi connectivity index (χ0v) is 9.75. The van der Waals surface area contributed by atoms with Gasteiger partial charge in [-0.3, -0.25) is 4.79 Å². The summed E-state index contributed by atoms with van der Waals surface area (Å²) in [5, 5.41) is 7.13. The smallest absolute Gasteiger partial charge is 0.276 e. The van der Waals surface area contributed by atoms with E-state index < -0.39 is 0 Å². The van der Waals surface area contributed by atoms with Crippen LogP contribution in [-0.4, -0.2) is 35.6 Å². The van der Waals surface area contributed by atoms with Crippen LogP contribution in [0.4, 0.5) is 0 Å². The standard InChI is InChI=1S/C11H17N3O2/c1-3-14(4-2)11(15)10-8-7-12-6-5-9(8)16-13-10/h12H,3-7H2,1-2H3.